The molecule has 3 aromatic rings. The molecule has 6 N–H and O–H groups in total. The van der Waals surface area contributed by atoms with Gasteiger partial charge in [-0.15, -0.1) is 0 Å². The van der Waals surface area contributed by atoms with Gasteiger partial charge in [-0.1, -0.05) is 6.07 Å². The first-order valence-corrected chi connectivity index (χ1v) is 9.38. The zero-order chi connectivity index (χ0) is 21.8. The standard InChI is InChI=1S/C22H17N3O6/c23-24-10-20(28)25-11-1-4-15-14(7-11)21(29)31-22(15)16-5-2-12(26)8-18(16)30-19-9-13(27)3-6-17(19)22/h1-9,24,26-27H,10,23H2,(H,25,28). The highest BCUT2D eigenvalue weighted by Gasteiger charge is 2.53. The van der Waals surface area contributed by atoms with Crippen molar-refractivity contribution in [3.63, 3.8) is 0 Å². The Morgan fingerprint density at radius 3 is 2.16 bits per heavy atom. The first-order valence-electron chi connectivity index (χ1n) is 9.38. The Morgan fingerprint density at radius 1 is 0.935 bits per heavy atom. The van der Waals surface area contributed by atoms with Gasteiger partial charge in [-0.2, -0.15) is 0 Å². The van der Waals surface area contributed by atoms with E-state index in [1.54, 1.807) is 24.3 Å². The van der Waals surface area contributed by atoms with Gasteiger partial charge in [0.25, 0.3) is 0 Å². The molecule has 156 valence electrons. The number of esters is 1. The molecule has 0 radical (unpaired) electrons. The average molecular weight is 419 g/mol. The molecule has 0 aliphatic carbocycles. The number of hydrazine groups is 1. The lowest BCUT2D eigenvalue weighted by Crippen LogP contribution is -2.33. The Hall–Kier alpha value is -4.08. The van der Waals surface area contributed by atoms with Crippen LogP contribution in [0.15, 0.2) is 54.6 Å². The van der Waals surface area contributed by atoms with Crippen LogP contribution in [-0.2, 0) is 15.1 Å². The molecule has 0 atom stereocenters. The van der Waals surface area contributed by atoms with Gasteiger partial charge in [-0.3, -0.25) is 16.1 Å². The number of rotatable bonds is 3. The molecular weight excluding hydrogens is 402 g/mol. The second kappa shape index (κ2) is 6.73. The fraction of sp³-hybridized carbons (Fsp3) is 0.0909. The SMILES string of the molecule is NNCC(=O)Nc1ccc2c(c1)C(=O)OC21c2ccc(O)cc2Oc2cc(O)ccc21. The Balaban J connectivity index is 1.71. The number of nitrogens with two attached hydrogens (primary N) is 1. The molecule has 2 aliphatic heterocycles. The highest BCUT2D eigenvalue weighted by atomic mass is 16.6. The summed E-state index contributed by atoms with van der Waals surface area (Å²) in [5, 5.41) is 22.5. The van der Waals surface area contributed by atoms with E-state index in [1.807, 2.05) is 0 Å². The van der Waals surface area contributed by atoms with Gasteiger partial charge in [0.1, 0.15) is 23.0 Å². The molecule has 0 aromatic heterocycles. The van der Waals surface area contributed by atoms with Crippen LogP contribution in [0.4, 0.5) is 5.69 Å². The van der Waals surface area contributed by atoms with Gasteiger partial charge in [0.2, 0.25) is 5.91 Å². The number of benzene rings is 3. The third-order valence-corrected chi connectivity index (χ3v) is 5.32. The predicted molar refractivity (Wildman–Crippen MR) is 109 cm³/mol. The molecular formula is C22H17N3O6. The molecule has 2 heterocycles. The smallest absolute Gasteiger partial charge is 0.340 e. The maximum atomic E-state index is 12.9. The number of phenols is 2. The summed E-state index contributed by atoms with van der Waals surface area (Å²) in [7, 11) is 0. The number of anilines is 1. The molecule has 31 heavy (non-hydrogen) atoms. The molecule has 1 spiro atoms. The van der Waals surface area contributed by atoms with Crippen molar-refractivity contribution in [3.8, 4) is 23.0 Å². The van der Waals surface area contributed by atoms with E-state index in [0.717, 1.165) is 0 Å². The Bertz CT molecular complexity index is 1200. The number of carbonyl (C=O) groups is 2. The molecule has 5 rings (SSSR count). The molecule has 9 nitrogen and oxygen atoms in total. The van der Waals surface area contributed by atoms with Gasteiger partial charge in [-0.25, -0.2) is 4.79 Å². The minimum Gasteiger partial charge on any atom is -0.508 e. The minimum atomic E-state index is -1.34. The number of ether oxygens (including phenoxy) is 2. The monoisotopic (exact) mass is 419 g/mol. The topological polar surface area (TPSA) is 143 Å². The predicted octanol–water partition coefficient (Wildman–Crippen LogP) is 2.07. The van der Waals surface area contributed by atoms with E-state index < -0.39 is 11.6 Å². The molecule has 0 saturated carbocycles. The van der Waals surface area contributed by atoms with Gasteiger partial charge in [0.15, 0.2) is 5.60 Å². The number of aromatic hydroxyl groups is 2. The van der Waals surface area contributed by atoms with Crippen LogP contribution in [0.3, 0.4) is 0 Å². The van der Waals surface area contributed by atoms with Crippen molar-refractivity contribution < 1.29 is 29.3 Å². The van der Waals surface area contributed by atoms with Crippen LogP contribution in [-0.4, -0.2) is 28.6 Å². The third-order valence-electron chi connectivity index (χ3n) is 5.32. The summed E-state index contributed by atoms with van der Waals surface area (Å²) in [6.07, 6.45) is 0. The van der Waals surface area contributed by atoms with Crippen LogP contribution >= 0.6 is 0 Å². The van der Waals surface area contributed by atoms with Crippen molar-refractivity contribution in [2.45, 2.75) is 5.60 Å². The van der Waals surface area contributed by atoms with E-state index in [2.05, 4.69) is 10.7 Å². The Labute approximate surface area is 176 Å². The lowest BCUT2D eigenvalue weighted by molar-refractivity contribution is -0.115. The van der Waals surface area contributed by atoms with Gasteiger partial charge >= 0.3 is 5.97 Å². The summed E-state index contributed by atoms with van der Waals surface area (Å²) in [5.41, 5.74) is 3.23. The molecule has 3 aromatic carbocycles. The molecule has 2 aliphatic rings. The van der Waals surface area contributed by atoms with Crippen LogP contribution < -0.4 is 21.3 Å². The normalized spacial score (nSPS) is 14.8. The zero-order valence-corrected chi connectivity index (χ0v) is 16.0. The summed E-state index contributed by atoms with van der Waals surface area (Å²) in [6, 6.07) is 14.0. The zero-order valence-electron chi connectivity index (χ0n) is 16.0. The number of hydrogen-bond donors (Lipinski definition) is 5. The van der Waals surface area contributed by atoms with E-state index >= 15 is 0 Å². The number of hydrogen-bond acceptors (Lipinski definition) is 8. The molecule has 9 heteroatoms. The van der Waals surface area contributed by atoms with Crippen LogP contribution in [0.5, 0.6) is 23.0 Å². The minimum absolute atomic E-state index is 0.0198. The molecule has 1 amide bonds. The van der Waals surface area contributed by atoms with E-state index in [0.29, 0.717) is 33.9 Å². The van der Waals surface area contributed by atoms with Crippen molar-refractivity contribution in [3.05, 3.63) is 76.9 Å². The Kier molecular flexibility index (Phi) is 4.10. The summed E-state index contributed by atoms with van der Waals surface area (Å²) >= 11 is 0. The molecule has 0 bridgehead atoms. The average Bonchev–Trinajstić information content (AvgIpc) is 3.00. The summed E-state index contributed by atoms with van der Waals surface area (Å²) in [6.45, 7) is -0.0868. The van der Waals surface area contributed by atoms with Crippen molar-refractivity contribution in [2.75, 3.05) is 11.9 Å². The largest absolute Gasteiger partial charge is 0.508 e. The summed E-state index contributed by atoms with van der Waals surface area (Å²) < 4.78 is 11.9. The highest BCUT2D eigenvalue weighted by molar-refractivity contribution is 6.00. The van der Waals surface area contributed by atoms with Gasteiger partial charge in [-0.05, 0) is 36.4 Å². The van der Waals surface area contributed by atoms with E-state index in [-0.39, 0.29) is 29.5 Å². The first kappa shape index (κ1) is 18.9. The second-order valence-corrected chi connectivity index (χ2v) is 7.22. The van der Waals surface area contributed by atoms with Crippen molar-refractivity contribution in [2.24, 2.45) is 5.84 Å². The van der Waals surface area contributed by atoms with Gasteiger partial charge in [0.05, 0.1) is 12.1 Å². The maximum Gasteiger partial charge on any atom is 0.340 e. The number of fused-ring (bicyclic) bond motifs is 6. The lowest BCUT2D eigenvalue weighted by atomic mass is 9.77. The van der Waals surface area contributed by atoms with Crippen LogP contribution in [0.25, 0.3) is 0 Å². The fourth-order valence-corrected chi connectivity index (χ4v) is 4.08. The van der Waals surface area contributed by atoms with E-state index in [4.69, 9.17) is 15.3 Å². The number of carbonyl (C=O) groups excluding carboxylic acids is 2. The number of nitrogens with one attached hydrogen (secondary N) is 2. The quantitative estimate of drug-likeness (QED) is 0.247. The maximum absolute atomic E-state index is 12.9. The van der Waals surface area contributed by atoms with Crippen LogP contribution in [0.2, 0.25) is 0 Å². The van der Waals surface area contributed by atoms with Crippen LogP contribution in [0, 0.1) is 0 Å². The second-order valence-electron chi connectivity index (χ2n) is 7.22. The lowest BCUT2D eigenvalue weighted by Gasteiger charge is -2.36. The van der Waals surface area contributed by atoms with Crippen molar-refractivity contribution in [1.29, 1.82) is 0 Å². The van der Waals surface area contributed by atoms with Crippen molar-refractivity contribution in [1.82, 2.24) is 5.43 Å². The molecule has 0 unspecified atom stereocenters. The number of phenolic OH excluding ortho intramolecular Hbond substituents is 2. The highest BCUT2D eigenvalue weighted by Crippen LogP contribution is 2.57. The third kappa shape index (κ3) is 2.79. The van der Waals surface area contributed by atoms with Gasteiger partial charge < -0.3 is 25.0 Å². The Morgan fingerprint density at radius 2 is 1.55 bits per heavy atom. The fourth-order valence-electron chi connectivity index (χ4n) is 4.08. The van der Waals surface area contributed by atoms with Gasteiger partial charge in [0, 0.05) is 34.5 Å². The van der Waals surface area contributed by atoms with Crippen LogP contribution in [0.1, 0.15) is 27.0 Å². The first-order chi connectivity index (χ1) is 14.9. The molecule has 0 fully saturated rings. The number of amides is 1. The summed E-state index contributed by atoms with van der Waals surface area (Å²) in [4.78, 5) is 24.8. The van der Waals surface area contributed by atoms with E-state index in [9.17, 15) is 19.8 Å². The summed E-state index contributed by atoms with van der Waals surface area (Å²) in [5.74, 6) is 4.78. The van der Waals surface area contributed by atoms with Crippen molar-refractivity contribution >= 4 is 17.6 Å². The molecule has 0 saturated heterocycles. The van der Waals surface area contributed by atoms with E-state index in [1.165, 1.54) is 30.3 Å².